The first-order chi connectivity index (χ1) is 9.42. The molecule has 2 rings (SSSR count). The predicted molar refractivity (Wildman–Crippen MR) is 72.1 cm³/mol. The van der Waals surface area contributed by atoms with Crippen LogP contribution in [0.4, 0.5) is 4.79 Å². The molecule has 1 N–H and O–H groups in total. The Morgan fingerprint density at radius 2 is 2.00 bits per heavy atom. The molecule has 0 radical (unpaired) electrons. The van der Waals surface area contributed by atoms with Crippen LogP contribution in [0, 0.1) is 0 Å². The lowest BCUT2D eigenvalue weighted by molar-refractivity contribution is -0.135. The summed E-state index contributed by atoms with van der Waals surface area (Å²) < 4.78 is 10.7. The van der Waals surface area contributed by atoms with Gasteiger partial charge in [0.25, 0.3) is 5.91 Å². The lowest BCUT2D eigenvalue weighted by atomic mass is 10.0. The van der Waals surface area contributed by atoms with Gasteiger partial charge in [-0.15, -0.1) is 0 Å². The molecule has 7 nitrogen and oxygen atoms in total. The SMILES string of the molecule is CC(C)OCC1(C)NC(=O)N(CN2CCOCC2)C1=O. The van der Waals surface area contributed by atoms with E-state index in [4.69, 9.17) is 9.47 Å². The summed E-state index contributed by atoms with van der Waals surface area (Å²) >= 11 is 0. The third-order valence-corrected chi connectivity index (χ3v) is 3.50. The van der Waals surface area contributed by atoms with Crippen molar-refractivity contribution in [2.45, 2.75) is 32.4 Å². The Bertz CT molecular complexity index is 382. The average Bonchev–Trinajstić information content (AvgIpc) is 2.62. The number of amides is 3. The van der Waals surface area contributed by atoms with E-state index in [2.05, 4.69) is 5.32 Å². The van der Waals surface area contributed by atoms with E-state index in [0.29, 0.717) is 19.9 Å². The Kier molecular flexibility index (Phi) is 4.62. The molecule has 0 spiro atoms. The molecule has 1 unspecified atom stereocenters. The first kappa shape index (κ1) is 15.2. The third-order valence-electron chi connectivity index (χ3n) is 3.50. The van der Waals surface area contributed by atoms with Gasteiger partial charge in [-0.2, -0.15) is 0 Å². The molecule has 2 aliphatic heterocycles. The van der Waals surface area contributed by atoms with Crippen LogP contribution >= 0.6 is 0 Å². The van der Waals surface area contributed by atoms with E-state index < -0.39 is 5.54 Å². The minimum absolute atomic E-state index is 0.0184. The number of morpholine rings is 1. The minimum atomic E-state index is -0.965. The van der Waals surface area contributed by atoms with Crippen LogP contribution in [-0.4, -0.2) is 73.0 Å². The predicted octanol–water partition coefficient (Wildman–Crippen LogP) is 0.0116. The summed E-state index contributed by atoms with van der Waals surface area (Å²) in [7, 11) is 0. The fraction of sp³-hybridized carbons (Fsp3) is 0.846. The number of nitrogens with zero attached hydrogens (tertiary/aromatic N) is 2. The topological polar surface area (TPSA) is 71.1 Å². The highest BCUT2D eigenvalue weighted by atomic mass is 16.5. The van der Waals surface area contributed by atoms with Crippen molar-refractivity contribution in [1.82, 2.24) is 15.1 Å². The number of rotatable bonds is 5. The molecule has 2 saturated heterocycles. The molecular weight excluding hydrogens is 262 g/mol. The summed E-state index contributed by atoms with van der Waals surface area (Å²) in [6.45, 7) is 8.74. The van der Waals surface area contributed by atoms with E-state index in [1.807, 2.05) is 18.7 Å². The van der Waals surface area contributed by atoms with Gasteiger partial charge in [0.15, 0.2) is 0 Å². The number of ether oxygens (including phenoxy) is 2. The summed E-state index contributed by atoms with van der Waals surface area (Å²) in [5, 5.41) is 2.73. The number of urea groups is 1. The van der Waals surface area contributed by atoms with E-state index >= 15 is 0 Å². The molecule has 7 heteroatoms. The zero-order valence-electron chi connectivity index (χ0n) is 12.3. The van der Waals surface area contributed by atoms with E-state index in [9.17, 15) is 9.59 Å². The molecule has 3 amide bonds. The molecule has 0 aromatic heterocycles. The monoisotopic (exact) mass is 285 g/mol. The molecule has 2 aliphatic rings. The fourth-order valence-corrected chi connectivity index (χ4v) is 2.25. The van der Waals surface area contributed by atoms with Crippen molar-refractivity contribution >= 4 is 11.9 Å². The summed E-state index contributed by atoms with van der Waals surface area (Å²) in [5.41, 5.74) is -0.965. The molecule has 114 valence electrons. The van der Waals surface area contributed by atoms with Crippen molar-refractivity contribution in [3.63, 3.8) is 0 Å². The molecule has 20 heavy (non-hydrogen) atoms. The zero-order valence-corrected chi connectivity index (χ0v) is 12.3. The normalized spacial score (nSPS) is 28.3. The summed E-state index contributed by atoms with van der Waals surface area (Å²) in [4.78, 5) is 27.7. The highest BCUT2D eigenvalue weighted by molar-refractivity contribution is 6.06. The number of imide groups is 1. The van der Waals surface area contributed by atoms with Crippen molar-refractivity contribution in [2.75, 3.05) is 39.6 Å². The van der Waals surface area contributed by atoms with Gasteiger partial charge < -0.3 is 14.8 Å². The molecule has 0 aromatic rings. The van der Waals surface area contributed by atoms with Crippen LogP contribution in [0.1, 0.15) is 20.8 Å². The Labute approximate surface area is 119 Å². The highest BCUT2D eigenvalue weighted by Crippen LogP contribution is 2.19. The van der Waals surface area contributed by atoms with Crippen LogP contribution in [0.5, 0.6) is 0 Å². The van der Waals surface area contributed by atoms with Gasteiger partial charge in [-0.3, -0.25) is 9.69 Å². The van der Waals surface area contributed by atoms with Crippen molar-refractivity contribution in [3.05, 3.63) is 0 Å². The average molecular weight is 285 g/mol. The highest BCUT2D eigenvalue weighted by Gasteiger charge is 2.48. The maximum absolute atomic E-state index is 12.4. The van der Waals surface area contributed by atoms with Crippen LogP contribution in [0.15, 0.2) is 0 Å². The van der Waals surface area contributed by atoms with Gasteiger partial charge in [-0.05, 0) is 20.8 Å². The second kappa shape index (κ2) is 6.07. The Hall–Kier alpha value is -1.18. The van der Waals surface area contributed by atoms with Crippen molar-refractivity contribution < 1.29 is 19.1 Å². The third kappa shape index (κ3) is 3.28. The maximum atomic E-state index is 12.4. The van der Waals surface area contributed by atoms with Gasteiger partial charge >= 0.3 is 6.03 Å². The Morgan fingerprint density at radius 3 is 2.60 bits per heavy atom. The van der Waals surface area contributed by atoms with Crippen molar-refractivity contribution in [3.8, 4) is 0 Å². The molecule has 0 saturated carbocycles. The second-order valence-electron chi connectivity index (χ2n) is 5.73. The first-order valence-electron chi connectivity index (χ1n) is 6.98. The standard InChI is InChI=1S/C13H23N3O4/c1-10(2)20-8-13(3)11(17)16(12(18)14-13)9-15-4-6-19-7-5-15/h10H,4-9H2,1-3H3,(H,14,18). The van der Waals surface area contributed by atoms with Gasteiger partial charge in [0.2, 0.25) is 0 Å². The molecule has 0 aliphatic carbocycles. The second-order valence-corrected chi connectivity index (χ2v) is 5.73. The lowest BCUT2D eigenvalue weighted by Crippen LogP contribution is -2.50. The largest absolute Gasteiger partial charge is 0.379 e. The van der Waals surface area contributed by atoms with E-state index in [1.165, 1.54) is 4.90 Å². The molecule has 1 atom stereocenters. The van der Waals surface area contributed by atoms with Gasteiger partial charge in [0.1, 0.15) is 5.54 Å². The van der Waals surface area contributed by atoms with Crippen LogP contribution in [0.25, 0.3) is 0 Å². The maximum Gasteiger partial charge on any atom is 0.326 e. The lowest BCUT2D eigenvalue weighted by Gasteiger charge is -2.30. The van der Waals surface area contributed by atoms with Gasteiger partial charge in [0, 0.05) is 13.1 Å². The molecule has 2 fully saturated rings. The summed E-state index contributed by atoms with van der Waals surface area (Å²) in [5.74, 6) is -0.227. The van der Waals surface area contributed by atoms with Gasteiger partial charge in [0.05, 0.1) is 32.6 Å². The number of hydrogen-bond acceptors (Lipinski definition) is 5. The molecule has 0 aromatic carbocycles. The van der Waals surface area contributed by atoms with Crippen molar-refractivity contribution in [2.24, 2.45) is 0 Å². The van der Waals surface area contributed by atoms with Crippen LogP contribution < -0.4 is 5.32 Å². The molecule has 0 bridgehead atoms. The number of nitrogens with one attached hydrogen (secondary N) is 1. The van der Waals surface area contributed by atoms with E-state index in [1.54, 1.807) is 6.92 Å². The summed E-state index contributed by atoms with van der Waals surface area (Å²) in [6.07, 6.45) is 0.0184. The quantitative estimate of drug-likeness (QED) is 0.721. The zero-order chi connectivity index (χ0) is 14.8. The Morgan fingerprint density at radius 1 is 1.35 bits per heavy atom. The summed E-state index contributed by atoms with van der Waals surface area (Å²) in [6, 6.07) is -0.351. The fourth-order valence-electron chi connectivity index (χ4n) is 2.25. The van der Waals surface area contributed by atoms with Crippen LogP contribution in [-0.2, 0) is 14.3 Å². The molecular formula is C13H23N3O4. The number of carbonyl (C=O) groups is 2. The van der Waals surface area contributed by atoms with Gasteiger partial charge in [-0.25, -0.2) is 9.69 Å². The van der Waals surface area contributed by atoms with Gasteiger partial charge in [-0.1, -0.05) is 0 Å². The van der Waals surface area contributed by atoms with Crippen LogP contribution in [0.2, 0.25) is 0 Å². The van der Waals surface area contributed by atoms with E-state index in [-0.39, 0.29) is 24.6 Å². The smallest absolute Gasteiger partial charge is 0.326 e. The Balaban J connectivity index is 1.96. The van der Waals surface area contributed by atoms with E-state index in [0.717, 1.165) is 13.1 Å². The number of carbonyl (C=O) groups excluding carboxylic acids is 2. The number of hydrogen-bond donors (Lipinski definition) is 1. The van der Waals surface area contributed by atoms with Crippen molar-refractivity contribution in [1.29, 1.82) is 0 Å². The minimum Gasteiger partial charge on any atom is -0.379 e. The first-order valence-corrected chi connectivity index (χ1v) is 6.98. The van der Waals surface area contributed by atoms with Crippen LogP contribution in [0.3, 0.4) is 0 Å². The molecule has 2 heterocycles.